The Bertz CT molecular complexity index is 745. The lowest BCUT2D eigenvalue weighted by Crippen LogP contribution is -1.92. The molecule has 0 fully saturated rings. The molecule has 0 saturated carbocycles. The van der Waals surface area contributed by atoms with Crippen molar-refractivity contribution in [3.05, 3.63) is 54.1 Å². The molecule has 0 N–H and O–H groups in total. The van der Waals surface area contributed by atoms with E-state index in [9.17, 15) is 0 Å². The molecular formula is C15H11N3. The van der Waals surface area contributed by atoms with Gasteiger partial charge in [0.05, 0.1) is 22.7 Å². The third-order valence-electron chi connectivity index (χ3n) is 3.06. The fraction of sp³-hybridized carbons (Fsp3) is 0.0667. The van der Waals surface area contributed by atoms with Crippen LogP contribution < -0.4 is 0 Å². The summed E-state index contributed by atoms with van der Waals surface area (Å²) in [5, 5.41) is 8.80. The molecule has 3 aromatic rings. The number of fused-ring (bicyclic) bond motifs is 1. The lowest BCUT2D eigenvalue weighted by Gasteiger charge is -2.02. The second-order valence-corrected chi connectivity index (χ2v) is 4.17. The highest BCUT2D eigenvalue weighted by molar-refractivity contribution is 5.80. The van der Waals surface area contributed by atoms with E-state index in [0.717, 1.165) is 22.4 Å². The Morgan fingerprint density at radius 3 is 2.44 bits per heavy atom. The SMILES string of the molecule is Cn1c(-c2ccc(C#N)cc2)nc2ccccc21. The highest BCUT2D eigenvalue weighted by Gasteiger charge is 2.08. The molecule has 2 aromatic carbocycles. The first-order chi connectivity index (χ1) is 8.79. The van der Waals surface area contributed by atoms with E-state index in [4.69, 9.17) is 5.26 Å². The van der Waals surface area contributed by atoms with Crippen molar-refractivity contribution >= 4 is 11.0 Å². The van der Waals surface area contributed by atoms with Crippen LogP contribution in [0.4, 0.5) is 0 Å². The monoisotopic (exact) mass is 233 g/mol. The van der Waals surface area contributed by atoms with Crippen molar-refractivity contribution in [2.45, 2.75) is 0 Å². The summed E-state index contributed by atoms with van der Waals surface area (Å²) >= 11 is 0. The van der Waals surface area contributed by atoms with Crippen molar-refractivity contribution in [2.75, 3.05) is 0 Å². The third-order valence-corrected chi connectivity index (χ3v) is 3.06. The third kappa shape index (κ3) is 1.56. The number of para-hydroxylation sites is 2. The summed E-state index contributed by atoms with van der Waals surface area (Å²) in [6, 6.07) is 17.7. The van der Waals surface area contributed by atoms with E-state index >= 15 is 0 Å². The molecule has 0 aliphatic heterocycles. The quantitative estimate of drug-likeness (QED) is 0.648. The second-order valence-electron chi connectivity index (χ2n) is 4.17. The van der Waals surface area contributed by atoms with Gasteiger partial charge in [0.25, 0.3) is 0 Å². The Balaban J connectivity index is 2.19. The number of nitriles is 1. The Kier molecular flexibility index (Phi) is 2.35. The van der Waals surface area contributed by atoms with Crippen molar-refractivity contribution < 1.29 is 0 Å². The van der Waals surface area contributed by atoms with E-state index in [2.05, 4.69) is 21.7 Å². The van der Waals surface area contributed by atoms with Gasteiger partial charge in [0.15, 0.2) is 0 Å². The number of nitrogens with zero attached hydrogens (tertiary/aromatic N) is 3. The summed E-state index contributed by atoms with van der Waals surface area (Å²) in [4.78, 5) is 4.62. The summed E-state index contributed by atoms with van der Waals surface area (Å²) in [5.74, 6) is 0.917. The van der Waals surface area contributed by atoms with Crippen LogP contribution in [0.15, 0.2) is 48.5 Å². The maximum absolute atomic E-state index is 8.80. The van der Waals surface area contributed by atoms with Crippen LogP contribution in [-0.4, -0.2) is 9.55 Å². The molecule has 0 spiro atoms. The maximum Gasteiger partial charge on any atom is 0.140 e. The Hall–Kier alpha value is -2.60. The van der Waals surface area contributed by atoms with Crippen LogP contribution in [-0.2, 0) is 7.05 Å². The molecule has 3 rings (SSSR count). The molecular weight excluding hydrogens is 222 g/mol. The number of aromatic nitrogens is 2. The van der Waals surface area contributed by atoms with E-state index in [-0.39, 0.29) is 0 Å². The molecule has 1 heterocycles. The Morgan fingerprint density at radius 1 is 1.06 bits per heavy atom. The van der Waals surface area contributed by atoms with E-state index in [0.29, 0.717) is 5.56 Å². The Morgan fingerprint density at radius 2 is 1.78 bits per heavy atom. The standard InChI is InChI=1S/C15H11N3/c1-18-14-5-3-2-4-13(14)17-15(18)12-8-6-11(10-16)7-9-12/h2-9H,1H3. The van der Waals surface area contributed by atoms with Crippen molar-refractivity contribution in [1.82, 2.24) is 9.55 Å². The molecule has 3 heteroatoms. The zero-order valence-corrected chi connectivity index (χ0v) is 9.96. The molecule has 0 aliphatic rings. The van der Waals surface area contributed by atoms with Gasteiger partial charge in [-0.05, 0) is 36.4 Å². The number of hydrogen-bond acceptors (Lipinski definition) is 2. The lowest BCUT2D eigenvalue weighted by atomic mass is 10.1. The molecule has 0 unspecified atom stereocenters. The Labute approximate surface area is 105 Å². The van der Waals surface area contributed by atoms with Gasteiger partial charge in [-0.1, -0.05) is 12.1 Å². The number of imidazole rings is 1. The zero-order valence-electron chi connectivity index (χ0n) is 9.96. The number of rotatable bonds is 1. The molecule has 0 amide bonds. The molecule has 0 saturated heterocycles. The minimum Gasteiger partial charge on any atom is -0.327 e. The maximum atomic E-state index is 8.80. The summed E-state index contributed by atoms with van der Waals surface area (Å²) in [6.07, 6.45) is 0. The minimum absolute atomic E-state index is 0.664. The van der Waals surface area contributed by atoms with Crippen molar-refractivity contribution in [3.8, 4) is 17.5 Å². The topological polar surface area (TPSA) is 41.6 Å². The molecule has 0 radical (unpaired) electrons. The van der Waals surface area contributed by atoms with E-state index < -0.39 is 0 Å². The van der Waals surface area contributed by atoms with Crippen LogP contribution in [0.1, 0.15) is 5.56 Å². The number of aryl methyl sites for hydroxylation is 1. The first kappa shape index (κ1) is 10.5. The first-order valence-corrected chi connectivity index (χ1v) is 5.71. The van der Waals surface area contributed by atoms with Crippen molar-refractivity contribution in [2.24, 2.45) is 7.05 Å². The largest absolute Gasteiger partial charge is 0.327 e. The molecule has 86 valence electrons. The fourth-order valence-electron chi connectivity index (χ4n) is 2.10. The van der Waals surface area contributed by atoms with Crippen LogP contribution in [0.5, 0.6) is 0 Å². The average molecular weight is 233 g/mol. The predicted molar refractivity (Wildman–Crippen MR) is 70.9 cm³/mol. The van der Waals surface area contributed by atoms with E-state index in [1.165, 1.54) is 0 Å². The summed E-state index contributed by atoms with van der Waals surface area (Å²) in [5.41, 5.74) is 3.78. The molecule has 3 nitrogen and oxygen atoms in total. The van der Waals surface area contributed by atoms with Crippen molar-refractivity contribution in [3.63, 3.8) is 0 Å². The molecule has 1 aromatic heterocycles. The molecule has 0 aliphatic carbocycles. The summed E-state index contributed by atoms with van der Waals surface area (Å²) < 4.78 is 2.07. The average Bonchev–Trinajstić information content (AvgIpc) is 2.77. The first-order valence-electron chi connectivity index (χ1n) is 5.71. The van der Waals surface area contributed by atoms with Gasteiger partial charge in [0, 0.05) is 12.6 Å². The second kappa shape index (κ2) is 4.01. The van der Waals surface area contributed by atoms with Gasteiger partial charge in [0.2, 0.25) is 0 Å². The van der Waals surface area contributed by atoms with Gasteiger partial charge in [-0.2, -0.15) is 5.26 Å². The molecule has 0 atom stereocenters. The van der Waals surface area contributed by atoms with Crippen molar-refractivity contribution in [1.29, 1.82) is 5.26 Å². The number of hydrogen-bond donors (Lipinski definition) is 0. The highest BCUT2D eigenvalue weighted by atomic mass is 15.1. The predicted octanol–water partition coefficient (Wildman–Crippen LogP) is 3.11. The molecule has 18 heavy (non-hydrogen) atoms. The van der Waals surface area contributed by atoms with Gasteiger partial charge in [-0.15, -0.1) is 0 Å². The van der Waals surface area contributed by atoms with Gasteiger partial charge in [-0.25, -0.2) is 4.98 Å². The van der Waals surface area contributed by atoms with Gasteiger partial charge in [0.1, 0.15) is 5.82 Å². The summed E-state index contributed by atoms with van der Waals surface area (Å²) in [6.45, 7) is 0. The van der Waals surface area contributed by atoms with Crippen LogP contribution >= 0.6 is 0 Å². The van der Waals surface area contributed by atoms with Gasteiger partial charge < -0.3 is 4.57 Å². The molecule has 0 bridgehead atoms. The van der Waals surface area contributed by atoms with Crippen LogP contribution in [0, 0.1) is 11.3 Å². The van der Waals surface area contributed by atoms with Gasteiger partial charge in [-0.3, -0.25) is 0 Å². The summed E-state index contributed by atoms with van der Waals surface area (Å²) in [7, 11) is 2.00. The fourth-order valence-corrected chi connectivity index (χ4v) is 2.10. The van der Waals surface area contributed by atoms with Crippen LogP contribution in [0.2, 0.25) is 0 Å². The highest BCUT2D eigenvalue weighted by Crippen LogP contribution is 2.23. The minimum atomic E-state index is 0.664. The van der Waals surface area contributed by atoms with Gasteiger partial charge >= 0.3 is 0 Å². The number of benzene rings is 2. The van der Waals surface area contributed by atoms with Crippen LogP contribution in [0.25, 0.3) is 22.4 Å². The van der Waals surface area contributed by atoms with E-state index in [1.54, 1.807) is 0 Å². The zero-order chi connectivity index (χ0) is 12.5. The normalized spacial score (nSPS) is 10.4. The van der Waals surface area contributed by atoms with E-state index in [1.807, 2.05) is 49.5 Å². The smallest absolute Gasteiger partial charge is 0.140 e. The van der Waals surface area contributed by atoms with Crippen LogP contribution in [0.3, 0.4) is 0 Å². The lowest BCUT2D eigenvalue weighted by molar-refractivity contribution is 0.959.